The number of carbonyl (C=O) groups is 1. The van der Waals surface area contributed by atoms with Crippen molar-refractivity contribution in [2.45, 2.75) is 4.90 Å². The largest absolute Gasteiger partial charge is 0.398 e. The molecule has 0 aliphatic carbocycles. The van der Waals surface area contributed by atoms with Gasteiger partial charge in [0.25, 0.3) is 0 Å². The predicted octanol–water partition coefficient (Wildman–Crippen LogP) is 4.66. The third-order valence-corrected chi connectivity index (χ3v) is 4.60. The number of amides is 1. The van der Waals surface area contributed by atoms with E-state index in [1.165, 1.54) is 23.9 Å². The summed E-state index contributed by atoms with van der Waals surface area (Å²) < 4.78 is 15.1. The van der Waals surface area contributed by atoms with Crippen molar-refractivity contribution in [1.29, 1.82) is 0 Å². The molecule has 0 aliphatic heterocycles. The van der Waals surface area contributed by atoms with Crippen molar-refractivity contribution in [2.24, 2.45) is 0 Å². The molecule has 0 bridgehead atoms. The van der Waals surface area contributed by atoms with E-state index in [9.17, 15) is 9.18 Å². The van der Waals surface area contributed by atoms with Gasteiger partial charge in [-0.15, -0.1) is 11.8 Å². The molecule has 3 N–H and O–H groups in total. The van der Waals surface area contributed by atoms with Crippen molar-refractivity contribution in [1.82, 2.24) is 0 Å². The van der Waals surface area contributed by atoms with E-state index in [1.54, 1.807) is 12.1 Å². The number of nitrogen functional groups attached to an aromatic ring is 1. The second-order valence-electron chi connectivity index (χ2n) is 4.14. The molecule has 0 saturated heterocycles. The summed E-state index contributed by atoms with van der Waals surface area (Å²) in [6.07, 6.45) is 0. The summed E-state index contributed by atoms with van der Waals surface area (Å²) in [5.74, 6) is -0.624. The van der Waals surface area contributed by atoms with Crippen LogP contribution in [0.4, 0.5) is 15.8 Å². The van der Waals surface area contributed by atoms with Crippen molar-refractivity contribution in [2.75, 3.05) is 16.8 Å². The van der Waals surface area contributed by atoms with E-state index in [-0.39, 0.29) is 17.3 Å². The zero-order chi connectivity index (χ0) is 15.4. The number of hydrogen-bond acceptors (Lipinski definition) is 3. The maximum atomic E-state index is 13.6. The molecule has 3 nitrogen and oxygen atoms in total. The highest BCUT2D eigenvalue weighted by molar-refractivity contribution is 9.10. The molecule has 0 unspecified atom stereocenters. The lowest BCUT2D eigenvalue weighted by Gasteiger charge is -2.08. The third kappa shape index (κ3) is 4.72. The quantitative estimate of drug-likeness (QED) is 0.544. The number of halogens is 3. The molecule has 0 atom stereocenters. The Morgan fingerprint density at radius 1 is 1.19 bits per heavy atom. The summed E-state index contributed by atoms with van der Waals surface area (Å²) in [6.45, 7) is 0. The number of benzene rings is 2. The summed E-state index contributed by atoms with van der Waals surface area (Å²) in [5, 5.41) is 2.53. The van der Waals surface area contributed by atoms with Crippen LogP contribution in [-0.4, -0.2) is 11.7 Å². The Kier molecular flexibility index (Phi) is 5.66. The molecule has 0 saturated carbocycles. The lowest BCUT2D eigenvalue weighted by Crippen LogP contribution is -2.15. The monoisotopic (exact) mass is 432 g/mol. The van der Waals surface area contributed by atoms with Gasteiger partial charge in [0.2, 0.25) is 5.91 Å². The van der Waals surface area contributed by atoms with E-state index in [4.69, 9.17) is 5.73 Å². The molecule has 0 radical (unpaired) electrons. The van der Waals surface area contributed by atoms with E-state index in [0.29, 0.717) is 10.2 Å². The number of thioether (sulfide) groups is 1. The van der Waals surface area contributed by atoms with Crippen molar-refractivity contribution in [3.8, 4) is 0 Å². The van der Waals surface area contributed by atoms with Gasteiger partial charge >= 0.3 is 0 Å². The summed E-state index contributed by atoms with van der Waals surface area (Å²) in [4.78, 5) is 12.7. The number of nitrogens with two attached hydrogens (primary N) is 1. The van der Waals surface area contributed by atoms with Crippen LogP contribution in [0.3, 0.4) is 0 Å². The SMILES string of the molecule is Nc1ccc(Br)cc1SCC(=O)Nc1ccc(Br)cc1F. The molecular formula is C14H11Br2FN2OS. The smallest absolute Gasteiger partial charge is 0.234 e. The van der Waals surface area contributed by atoms with Crippen LogP contribution in [-0.2, 0) is 4.79 Å². The number of carbonyl (C=O) groups excluding carboxylic acids is 1. The van der Waals surface area contributed by atoms with Gasteiger partial charge in [0.1, 0.15) is 5.82 Å². The van der Waals surface area contributed by atoms with Gasteiger partial charge in [0.15, 0.2) is 0 Å². The minimum absolute atomic E-state index is 0.149. The molecule has 2 rings (SSSR count). The Hall–Kier alpha value is -1.05. The van der Waals surface area contributed by atoms with Gasteiger partial charge in [-0.25, -0.2) is 4.39 Å². The molecule has 1 amide bonds. The second-order valence-corrected chi connectivity index (χ2v) is 6.99. The molecule has 0 spiro atoms. The highest BCUT2D eigenvalue weighted by atomic mass is 79.9. The van der Waals surface area contributed by atoms with Gasteiger partial charge in [-0.1, -0.05) is 31.9 Å². The van der Waals surface area contributed by atoms with Crippen LogP contribution in [0, 0.1) is 5.82 Å². The Morgan fingerprint density at radius 2 is 1.86 bits per heavy atom. The highest BCUT2D eigenvalue weighted by Gasteiger charge is 2.09. The first kappa shape index (κ1) is 16.3. The first-order valence-corrected chi connectivity index (χ1v) is 8.45. The Labute approximate surface area is 142 Å². The summed E-state index contributed by atoms with van der Waals surface area (Å²) in [6, 6.07) is 9.91. The van der Waals surface area contributed by atoms with Crippen molar-refractivity contribution in [3.05, 3.63) is 51.2 Å². The minimum Gasteiger partial charge on any atom is -0.398 e. The van der Waals surface area contributed by atoms with Crippen LogP contribution in [0.5, 0.6) is 0 Å². The standard InChI is InChI=1S/C14H11Br2FN2OS/c15-8-2-4-12(10(17)5-8)19-14(20)7-21-13-6-9(16)1-3-11(13)18/h1-6H,7,18H2,(H,19,20). The maximum absolute atomic E-state index is 13.6. The molecule has 7 heteroatoms. The average molecular weight is 434 g/mol. The first-order chi connectivity index (χ1) is 9.95. The summed E-state index contributed by atoms with van der Waals surface area (Å²) in [5.41, 5.74) is 6.59. The lowest BCUT2D eigenvalue weighted by atomic mass is 10.3. The third-order valence-electron chi connectivity index (χ3n) is 2.54. The lowest BCUT2D eigenvalue weighted by molar-refractivity contribution is -0.113. The Balaban J connectivity index is 1.97. The number of rotatable bonds is 4. The molecule has 110 valence electrons. The zero-order valence-corrected chi connectivity index (χ0v) is 14.7. The molecule has 2 aromatic carbocycles. The fourth-order valence-corrected chi connectivity index (χ4v) is 3.20. The fraction of sp³-hybridized carbons (Fsp3) is 0.0714. The van der Waals surface area contributed by atoms with Gasteiger partial charge < -0.3 is 11.1 Å². The van der Waals surface area contributed by atoms with Crippen LogP contribution in [0.1, 0.15) is 0 Å². The van der Waals surface area contributed by atoms with Gasteiger partial charge in [-0.2, -0.15) is 0 Å². The average Bonchev–Trinajstić information content (AvgIpc) is 2.43. The van der Waals surface area contributed by atoms with Crippen LogP contribution in [0.2, 0.25) is 0 Å². The normalized spacial score (nSPS) is 10.4. The first-order valence-electron chi connectivity index (χ1n) is 5.88. The molecular weight excluding hydrogens is 423 g/mol. The van der Waals surface area contributed by atoms with Gasteiger partial charge in [-0.05, 0) is 36.4 Å². The molecule has 0 aliphatic rings. The summed E-state index contributed by atoms with van der Waals surface area (Å²) in [7, 11) is 0. The van der Waals surface area contributed by atoms with Crippen LogP contribution in [0.25, 0.3) is 0 Å². The fourth-order valence-electron chi connectivity index (χ4n) is 1.55. The molecule has 2 aromatic rings. The number of hydrogen-bond donors (Lipinski definition) is 2. The van der Waals surface area contributed by atoms with Crippen molar-refractivity contribution < 1.29 is 9.18 Å². The van der Waals surface area contributed by atoms with Crippen molar-refractivity contribution in [3.63, 3.8) is 0 Å². The van der Waals surface area contributed by atoms with Crippen LogP contribution < -0.4 is 11.1 Å². The van der Waals surface area contributed by atoms with Gasteiger partial charge in [0.05, 0.1) is 11.4 Å². The van der Waals surface area contributed by atoms with Gasteiger partial charge in [0, 0.05) is 19.5 Å². The molecule has 0 fully saturated rings. The predicted molar refractivity (Wildman–Crippen MR) is 92.0 cm³/mol. The maximum Gasteiger partial charge on any atom is 0.234 e. The van der Waals surface area contributed by atoms with E-state index in [2.05, 4.69) is 37.2 Å². The zero-order valence-electron chi connectivity index (χ0n) is 10.7. The highest BCUT2D eigenvalue weighted by Crippen LogP contribution is 2.28. The molecule has 0 heterocycles. The van der Waals surface area contributed by atoms with E-state index in [1.807, 2.05) is 12.1 Å². The van der Waals surface area contributed by atoms with Gasteiger partial charge in [-0.3, -0.25) is 4.79 Å². The Bertz CT molecular complexity index is 682. The second kappa shape index (κ2) is 7.29. The topological polar surface area (TPSA) is 55.1 Å². The number of nitrogens with one attached hydrogen (secondary N) is 1. The van der Waals surface area contributed by atoms with Crippen LogP contribution in [0.15, 0.2) is 50.2 Å². The summed E-state index contributed by atoms with van der Waals surface area (Å²) >= 11 is 7.81. The number of anilines is 2. The van der Waals surface area contributed by atoms with Crippen LogP contribution >= 0.6 is 43.6 Å². The molecule has 0 aromatic heterocycles. The van der Waals surface area contributed by atoms with Crippen molar-refractivity contribution >= 4 is 60.9 Å². The van der Waals surface area contributed by atoms with E-state index >= 15 is 0 Å². The van der Waals surface area contributed by atoms with E-state index < -0.39 is 5.82 Å². The molecule has 21 heavy (non-hydrogen) atoms. The minimum atomic E-state index is -0.482. The van der Waals surface area contributed by atoms with E-state index in [0.717, 1.165) is 9.37 Å². The Morgan fingerprint density at radius 3 is 2.57 bits per heavy atom.